The van der Waals surface area contributed by atoms with Gasteiger partial charge in [-0.2, -0.15) is 5.10 Å². The molecule has 3 rings (SSSR count). The van der Waals surface area contributed by atoms with Crippen molar-refractivity contribution in [1.29, 1.82) is 0 Å². The molecule has 7 nitrogen and oxygen atoms in total. The van der Waals surface area contributed by atoms with Crippen LogP contribution in [0.2, 0.25) is 0 Å². The van der Waals surface area contributed by atoms with Crippen LogP contribution in [-0.2, 0) is 16.6 Å². The van der Waals surface area contributed by atoms with E-state index in [9.17, 15) is 13.2 Å². The topological polar surface area (TPSA) is 90.3 Å². The van der Waals surface area contributed by atoms with Crippen LogP contribution in [0.15, 0.2) is 64.3 Å². The molecule has 0 atom stereocenters. The van der Waals surface area contributed by atoms with Crippen molar-refractivity contribution in [1.82, 2.24) is 14.5 Å². The Morgan fingerprint density at radius 3 is 2.41 bits per heavy atom. The van der Waals surface area contributed by atoms with E-state index < -0.39 is 10.0 Å². The smallest absolute Gasteiger partial charge is 0.266 e. The van der Waals surface area contributed by atoms with Gasteiger partial charge in [0, 0.05) is 18.2 Å². The van der Waals surface area contributed by atoms with E-state index in [0.717, 1.165) is 16.9 Å². The van der Waals surface area contributed by atoms with E-state index in [-0.39, 0.29) is 23.5 Å². The molecule has 0 saturated carbocycles. The molecule has 8 heteroatoms. The molecular weight excluding hydrogens is 390 g/mol. The average molecular weight is 413 g/mol. The molecule has 2 aromatic carbocycles. The number of rotatable bonds is 7. The van der Waals surface area contributed by atoms with Crippen molar-refractivity contribution in [2.45, 2.75) is 25.3 Å². The number of methoxy groups -OCH3 is 1. The van der Waals surface area contributed by atoms with E-state index in [2.05, 4.69) is 9.82 Å². The molecule has 3 aromatic rings. The van der Waals surface area contributed by atoms with E-state index in [4.69, 9.17) is 4.74 Å². The minimum atomic E-state index is -3.67. The minimum absolute atomic E-state index is 0.0502. The number of benzene rings is 2. The Bertz CT molecular complexity index is 1170. The van der Waals surface area contributed by atoms with Gasteiger partial charge in [-0.05, 0) is 55.8 Å². The first-order valence-corrected chi connectivity index (χ1v) is 10.6. The Morgan fingerprint density at radius 1 is 1.03 bits per heavy atom. The van der Waals surface area contributed by atoms with Crippen LogP contribution in [0.4, 0.5) is 0 Å². The highest BCUT2D eigenvalue weighted by atomic mass is 32.2. The largest absolute Gasteiger partial charge is 0.497 e. The van der Waals surface area contributed by atoms with Gasteiger partial charge in [0.1, 0.15) is 5.75 Å². The van der Waals surface area contributed by atoms with Crippen LogP contribution in [0, 0.1) is 13.8 Å². The molecule has 0 bridgehead atoms. The third-order valence-corrected chi connectivity index (χ3v) is 6.11. The summed E-state index contributed by atoms with van der Waals surface area (Å²) in [5, 5.41) is 4.35. The summed E-state index contributed by atoms with van der Waals surface area (Å²) in [4.78, 5) is 12.4. The molecule has 1 N–H and O–H groups in total. The summed E-state index contributed by atoms with van der Waals surface area (Å²) >= 11 is 0. The normalized spacial score (nSPS) is 11.4. The number of sulfonamides is 1. The van der Waals surface area contributed by atoms with Crippen LogP contribution in [0.5, 0.6) is 5.75 Å². The summed E-state index contributed by atoms with van der Waals surface area (Å²) in [6, 6.07) is 15.5. The zero-order chi connectivity index (χ0) is 21.0. The fourth-order valence-electron chi connectivity index (χ4n) is 2.99. The molecule has 0 spiro atoms. The molecule has 0 aliphatic rings. The summed E-state index contributed by atoms with van der Waals surface area (Å²) in [6.45, 7) is 3.83. The molecule has 0 radical (unpaired) electrons. The van der Waals surface area contributed by atoms with Crippen LogP contribution in [0.1, 0.15) is 11.1 Å². The SMILES string of the molecule is COc1ccc(-c2ccc(=O)n(CCNS(=O)(=O)c3ccc(C)cc3C)n2)cc1. The van der Waals surface area contributed by atoms with E-state index in [1.807, 2.05) is 37.3 Å². The number of hydrogen-bond acceptors (Lipinski definition) is 5. The summed E-state index contributed by atoms with van der Waals surface area (Å²) in [6.07, 6.45) is 0. The van der Waals surface area contributed by atoms with Crippen LogP contribution in [0.3, 0.4) is 0 Å². The Labute approximate surface area is 170 Å². The fraction of sp³-hybridized carbons (Fsp3) is 0.238. The van der Waals surface area contributed by atoms with E-state index in [1.165, 1.54) is 10.7 Å². The van der Waals surface area contributed by atoms with Gasteiger partial charge in [-0.1, -0.05) is 17.7 Å². The summed E-state index contributed by atoms with van der Waals surface area (Å²) < 4.78 is 34.1. The molecular formula is C21H23N3O4S. The van der Waals surface area contributed by atoms with Crippen LogP contribution < -0.4 is 15.0 Å². The first kappa shape index (κ1) is 20.8. The van der Waals surface area contributed by atoms with Gasteiger partial charge in [-0.15, -0.1) is 0 Å². The predicted octanol–water partition coefficient (Wildman–Crippen LogP) is 2.51. The summed E-state index contributed by atoms with van der Waals surface area (Å²) in [5.74, 6) is 0.725. The highest BCUT2D eigenvalue weighted by Crippen LogP contribution is 2.19. The molecule has 1 aromatic heterocycles. The van der Waals surface area contributed by atoms with Gasteiger partial charge in [0.25, 0.3) is 5.56 Å². The van der Waals surface area contributed by atoms with Crippen molar-refractivity contribution < 1.29 is 13.2 Å². The van der Waals surface area contributed by atoms with Crippen molar-refractivity contribution in [2.75, 3.05) is 13.7 Å². The van der Waals surface area contributed by atoms with Crippen molar-refractivity contribution in [3.8, 4) is 17.0 Å². The van der Waals surface area contributed by atoms with Gasteiger partial charge >= 0.3 is 0 Å². The molecule has 0 amide bonds. The van der Waals surface area contributed by atoms with Gasteiger partial charge in [-0.25, -0.2) is 17.8 Å². The molecule has 1 heterocycles. The monoisotopic (exact) mass is 413 g/mol. The average Bonchev–Trinajstić information content (AvgIpc) is 2.69. The number of aryl methyl sites for hydroxylation is 2. The third kappa shape index (κ3) is 4.90. The summed E-state index contributed by atoms with van der Waals surface area (Å²) in [7, 11) is -2.08. The third-order valence-electron chi connectivity index (χ3n) is 4.49. The van der Waals surface area contributed by atoms with Gasteiger partial charge in [0.05, 0.1) is 24.2 Å². The maximum absolute atomic E-state index is 12.6. The second-order valence-electron chi connectivity index (χ2n) is 6.68. The van der Waals surface area contributed by atoms with E-state index in [0.29, 0.717) is 11.3 Å². The molecule has 0 unspecified atom stereocenters. The van der Waals surface area contributed by atoms with E-state index in [1.54, 1.807) is 32.2 Å². The predicted molar refractivity (Wildman–Crippen MR) is 112 cm³/mol. The Balaban J connectivity index is 1.74. The van der Waals surface area contributed by atoms with Crippen molar-refractivity contribution >= 4 is 10.0 Å². The van der Waals surface area contributed by atoms with Crippen LogP contribution >= 0.6 is 0 Å². The Morgan fingerprint density at radius 2 is 1.76 bits per heavy atom. The molecule has 0 fully saturated rings. The summed E-state index contributed by atoms with van der Waals surface area (Å²) in [5.41, 5.74) is 2.81. The number of nitrogens with zero attached hydrogens (tertiary/aromatic N) is 2. The van der Waals surface area contributed by atoms with E-state index >= 15 is 0 Å². The molecule has 0 aliphatic carbocycles. The first-order chi connectivity index (χ1) is 13.8. The number of hydrogen-bond donors (Lipinski definition) is 1. The fourth-order valence-corrected chi connectivity index (χ4v) is 4.23. The lowest BCUT2D eigenvalue weighted by Gasteiger charge is -2.11. The van der Waals surface area contributed by atoms with Gasteiger partial charge < -0.3 is 4.74 Å². The maximum atomic E-state index is 12.6. The number of nitrogens with one attached hydrogen (secondary N) is 1. The molecule has 0 saturated heterocycles. The quantitative estimate of drug-likeness (QED) is 0.643. The molecule has 0 aliphatic heterocycles. The highest BCUT2D eigenvalue weighted by molar-refractivity contribution is 7.89. The lowest BCUT2D eigenvalue weighted by atomic mass is 10.1. The zero-order valence-corrected chi connectivity index (χ0v) is 17.4. The molecule has 29 heavy (non-hydrogen) atoms. The van der Waals surface area contributed by atoms with Gasteiger partial charge in [-0.3, -0.25) is 4.79 Å². The van der Waals surface area contributed by atoms with Crippen molar-refractivity contribution in [3.63, 3.8) is 0 Å². The van der Waals surface area contributed by atoms with Gasteiger partial charge in [0.2, 0.25) is 10.0 Å². The standard InChI is InChI=1S/C21H23N3O4S/c1-15-4-10-20(16(2)14-15)29(26,27)22-12-13-24-21(25)11-9-19(23-24)17-5-7-18(28-3)8-6-17/h4-11,14,22H,12-13H2,1-3H3. The van der Waals surface area contributed by atoms with Gasteiger partial charge in [0.15, 0.2) is 0 Å². The molecule has 152 valence electrons. The Kier molecular flexibility index (Phi) is 6.14. The van der Waals surface area contributed by atoms with Crippen molar-refractivity contribution in [3.05, 3.63) is 76.1 Å². The second kappa shape index (κ2) is 8.59. The van der Waals surface area contributed by atoms with Crippen LogP contribution in [0.25, 0.3) is 11.3 Å². The lowest BCUT2D eigenvalue weighted by molar-refractivity contribution is 0.415. The Hall–Kier alpha value is -2.97. The minimum Gasteiger partial charge on any atom is -0.497 e. The maximum Gasteiger partial charge on any atom is 0.266 e. The lowest BCUT2D eigenvalue weighted by Crippen LogP contribution is -2.32. The second-order valence-corrected chi connectivity index (χ2v) is 8.41. The van der Waals surface area contributed by atoms with Crippen LogP contribution in [-0.4, -0.2) is 31.9 Å². The number of aromatic nitrogens is 2. The highest BCUT2D eigenvalue weighted by Gasteiger charge is 2.16. The number of ether oxygens (including phenoxy) is 1. The van der Waals surface area contributed by atoms with Crippen molar-refractivity contribution in [2.24, 2.45) is 0 Å². The first-order valence-electron chi connectivity index (χ1n) is 9.10. The zero-order valence-electron chi connectivity index (χ0n) is 16.5.